The second kappa shape index (κ2) is 7.31. The first kappa shape index (κ1) is 19.4. The predicted molar refractivity (Wildman–Crippen MR) is 105 cm³/mol. The molecular weight excluding hydrogens is 393 g/mol. The fourth-order valence-electron chi connectivity index (χ4n) is 2.68. The highest BCUT2D eigenvalue weighted by Crippen LogP contribution is 2.44. The number of carbonyl (C=O) groups excluding carboxylic acids is 1. The molecule has 138 valence electrons. The maximum atomic E-state index is 13.0. The topological polar surface area (TPSA) is 55.4 Å². The lowest BCUT2D eigenvalue weighted by atomic mass is 9.98. The average molecular weight is 412 g/mol. The number of carbonyl (C=O) groups is 1. The van der Waals surface area contributed by atoms with Gasteiger partial charge in [-0.15, -0.1) is 0 Å². The smallest absolute Gasteiger partial charge is 0.205 e. The summed E-state index contributed by atoms with van der Waals surface area (Å²) in [7, 11) is -1.41. The fraction of sp³-hybridized carbons (Fsp3) is 0.316. The zero-order valence-corrected chi connectivity index (χ0v) is 16.9. The van der Waals surface area contributed by atoms with Crippen LogP contribution >= 0.6 is 23.2 Å². The van der Waals surface area contributed by atoms with Crippen molar-refractivity contribution in [2.75, 3.05) is 0 Å². The average Bonchev–Trinajstić information content (AvgIpc) is 2.93. The Morgan fingerprint density at radius 2 is 1.81 bits per heavy atom. The molecule has 1 heterocycles. The minimum absolute atomic E-state index is 0.211. The molecule has 0 saturated carbocycles. The van der Waals surface area contributed by atoms with Gasteiger partial charge in [0.05, 0.1) is 26.8 Å². The number of halogens is 2. The third-order valence-corrected chi connectivity index (χ3v) is 6.11. The van der Waals surface area contributed by atoms with Gasteiger partial charge in [-0.3, -0.25) is 4.79 Å². The predicted octanol–water partition coefficient (Wildman–Crippen LogP) is 4.73. The first-order valence-electron chi connectivity index (χ1n) is 8.11. The molecule has 7 heteroatoms. The Balaban J connectivity index is 2.02. The van der Waals surface area contributed by atoms with E-state index in [4.69, 9.17) is 27.9 Å². The van der Waals surface area contributed by atoms with Gasteiger partial charge in [-0.2, -0.15) is 0 Å². The normalized spacial score (nSPS) is 20.3. The zero-order valence-electron chi connectivity index (χ0n) is 14.6. The van der Waals surface area contributed by atoms with Crippen LogP contribution in [0.2, 0.25) is 10.0 Å². The van der Waals surface area contributed by atoms with Crippen molar-refractivity contribution in [3.8, 4) is 5.75 Å². The number of hydrogen-bond donors (Lipinski definition) is 1. The summed E-state index contributed by atoms with van der Waals surface area (Å²) in [5, 5.41) is 0.753. The third kappa shape index (κ3) is 3.81. The molecular formula is C19H19Cl2NO3S. The molecule has 1 N–H and O–H groups in total. The highest BCUT2D eigenvalue weighted by molar-refractivity contribution is 7.84. The number of ketones is 1. The Bertz CT molecular complexity index is 865. The molecule has 0 bridgehead atoms. The van der Waals surface area contributed by atoms with E-state index >= 15 is 0 Å². The van der Waals surface area contributed by atoms with Gasteiger partial charge in [0.15, 0.2) is 6.10 Å². The standard InChI is InChI=1S/C19H19Cl2NO3S/c1-19(2,3)26(24)22-15-13-9-12(20)10-14(21)17(13)25-18(15)16(23)11-7-5-4-6-8-11/h4-10,15,18,22H,1-3H3/t15-,18-,26+/m0/s1. The van der Waals surface area contributed by atoms with Gasteiger partial charge in [0, 0.05) is 16.1 Å². The van der Waals surface area contributed by atoms with Gasteiger partial charge in [-0.25, -0.2) is 8.93 Å². The van der Waals surface area contributed by atoms with Gasteiger partial charge in [0.2, 0.25) is 5.78 Å². The number of ether oxygens (including phenoxy) is 1. The van der Waals surface area contributed by atoms with Gasteiger partial charge in [0.1, 0.15) is 5.75 Å². The number of hydrogen-bond acceptors (Lipinski definition) is 3. The number of nitrogens with one attached hydrogen (secondary N) is 1. The van der Waals surface area contributed by atoms with Gasteiger partial charge < -0.3 is 4.74 Å². The second-order valence-electron chi connectivity index (χ2n) is 7.05. The number of fused-ring (bicyclic) bond motifs is 1. The summed E-state index contributed by atoms with van der Waals surface area (Å²) in [6, 6.07) is 11.5. The van der Waals surface area contributed by atoms with E-state index in [0.717, 1.165) is 0 Å². The molecule has 0 fully saturated rings. The Kier molecular flexibility index (Phi) is 5.45. The molecule has 0 amide bonds. The summed E-state index contributed by atoms with van der Waals surface area (Å²) >= 11 is 12.4. The van der Waals surface area contributed by atoms with Gasteiger partial charge in [0.25, 0.3) is 0 Å². The summed E-state index contributed by atoms with van der Waals surface area (Å²) in [6.07, 6.45) is -0.880. The SMILES string of the molecule is CC(C)(C)[S@@](=O)N[C@H]1c2cc(Cl)cc(Cl)c2O[C@@H]1C(=O)c1ccccc1. The van der Waals surface area contributed by atoms with E-state index < -0.39 is 27.9 Å². The Morgan fingerprint density at radius 3 is 2.42 bits per heavy atom. The molecule has 3 rings (SSSR count). The van der Waals surface area contributed by atoms with E-state index in [0.29, 0.717) is 26.9 Å². The Labute approximate surface area is 165 Å². The van der Waals surface area contributed by atoms with Crippen molar-refractivity contribution in [3.63, 3.8) is 0 Å². The van der Waals surface area contributed by atoms with Crippen LogP contribution in [0.1, 0.15) is 42.7 Å². The van der Waals surface area contributed by atoms with E-state index in [2.05, 4.69) is 4.72 Å². The van der Waals surface area contributed by atoms with Crippen LogP contribution in [0.15, 0.2) is 42.5 Å². The number of benzene rings is 2. The largest absolute Gasteiger partial charge is 0.478 e. The minimum atomic E-state index is -1.41. The maximum Gasteiger partial charge on any atom is 0.205 e. The lowest BCUT2D eigenvalue weighted by Gasteiger charge is -2.24. The molecule has 26 heavy (non-hydrogen) atoms. The van der Waals surface area contributed by atoms with Crippen molar-refractivity contribution >= 4 is 40.0 Å². The third-order valence-electron chi connectivity index (χ3n) is 4.03. The van der Waals surface area contributed by atoms with Crippen molar-refractivity contribution < 1.29 is 13.7 Å². The summed E-state index contributed by atoms with van der Waals surface area (Å²) < 4.78 is 21.1. The summed E-state index contributed by atoms with van der Waals surface area (Å²) in [5.41, 5.74) is 1.15. The monoisotopic (exact) mass is 411 g/mol. The van der Waals surface area contributed by atoms with E-state index in [1.54, 1.807) is 36.4 Å². The number of rotatable bonds is 4. The van der Waals surface area contributed by atoms with Crippen LogP contribution in [0.4, 0.5) is 0 Å². The first-order chi connectivity index (χ1) is 12.2. The first-order valence-corrected chi connectivity index (χ1v) is 10.0. The van der Waals surface area contributed by atoms with Crippen molar-refractivity contribution in [2.24, 2.45) is 0 Å². The van der Waals surface area contributed by atoms with Crippen LogP contribution in [0, 0.1) is 0 Å². The van der Waals surface area contributed by atoms with E-state index in [-0.39, 0.29) is 5.78 Å². The summed E-state index contributed by atoms with van der Waals surface area (Å²) in [5.74, 6) is 0.186. The Morgan fingerprint density at radius 1 is 1.15 bits per heavy atom. The fourth-order valence-corrected chi connectivity index (χ4v) is 4.07. The Hall–Kier alpha value is -1.40. The molecule has 0 spiro atoms. The molecule has 3 atom stereocenters. The molecule has 0 unspecified atom stereocenters. The van der Waals surface area contributed by atoms with Crippen molar-refractivity contribution in [1.29, 1.82) is 0 Å². The molecule has 0 radical (unpaired) electrons. The molecule has 1 aliphatic rings. The highest BCUT2D eigenvalue weighted by atomic mass is 35.5. The van der Waals surface area contributed by atoms with E-state index in [9.17, 15) is 9.00 Å². The van der Waals surface area contributed by atoms with E-state index in [1.165, 1.54) is 0 Å². The summed E-state index contributed by atoms with van der Waals surface area (Å²) in [4.78, 5) is 13.0. The van der Waals surface area contributed by atoms with Crippen LogP contribution < -0.4 is 9.46 Å². The molecule has 2 aromatic carbocycles. The van der Waals surface area contributed by atoms with Crippen molar-refractivity contribution in [2.45, 2.75) is 37.7 Å². The van der Waals surface area contributed by atoms with Crippen molar-refractivity contribution in [3.05, 3.63) is 63.6 Å². The van der Waals surface area contributed by atoms with E-state index in [1.807, 2.05) is 26.8 Å². The van der Waals surface area contributed by atoms with Crippen LogP contribution in [0.5, 0.6) is 5.75 Å². The second-order valence-corrected chi connectivity index (χ2v) is 9.89. The molecule has 2 aromatic rings. The molecule has 1 aliphatic heterocycles. The van der Waals surface area contributed by atoms with Gasteiger partial charge >= 0.3 is 0 Å². The number of Topliss-reactive ketones (excluding diaryl/α,β-unsaturated/α-hetero) is 1. The maximum absolute atomic E-state index is 13.0. The van der Waals surface area contributed by atoms with Gasteiger partial charge in [-0.05, 0) is 32.9 Å². The highest BCUT2D eigenvalue weighted by Gasteiger charge is 2.42. The zero-order chi connectivity index (χ0) is 19.1. The van der Waals surface area contributed by atoms with Crippen LogP contribution in [0.3, 0.4) is 0 Å². The molecule has 0 saturated heterocycles. The molecule has 0 aliphatic carbocycles. The lowest BCUT2D eigenvalue weighted by Crippen LogP contribution is -2.42. The minimum Gasteiger partial charge on any atom is -0.478 e. The van der Waals surface area contributed by atoms with Gasteiger partial charge in [-0.1, -0.05) is 53.5 Å². The lowest BCUT2D eigenvalue weighted by molar-refractivity contribution is 0.0787. The van der Waals surface area contributed by atoms with Crippen molar-refractivity contribution in [1.82, 2.24) is 4.72 Å². The molecule has 4 nitrogen and oxygen atoms in total. The quantitative estimate of drug-likeness (QED) is 0.739. The van der Waals surface area contributed by atoms with Crippen LogP contribution in [0.25, 0.3) is 0 Å². The van der Waals surface area contributed by atoms with Crippen LogP contribution in [-0.2, 0) is 11.0 Å². The van der Waals surface area contributed by atoms with Crippen LogP contribution in [-0.4, -0.2) is 20.8 Å². The summed E-state index contributed by atoms with van der Waals surface area (Å²) in [6.45, 7) is 5.56. The molecule has 0 aromatic heterocycles.